The Bertz CT molecular complexity index is 1300. The van der Waals surface area contributed by atoms with Crippen molar-refractivity contribution < 1.29 is 8.42 Å². The standard InChI is InChI=1S/C25H23N3O2S/c29-31(30,28-16-15-21-11-7-8-14-23(21)18-28)24-19-27(17-20-9-3-1-4-10-20)26-25(24)22-12-5-2-6-13-22/h1-14,19H,15-18H2. The number of sulfonamides is 1. The van der Waals surface area contributed by atoms with Crippen LogP contribution in [0.1, 0.15) is 16.7 Å². The van der Waals surface area contributed by atoms with E-state index in [2.05, 4.69) is 6.07 Å². The molecular weight excluding hydrogens is 406 g/mol. The second-order valence-electron chi connectivity index (χ2n) is 7.75. The van der Waals surface area contributed by atoms with Crippen LogP contribution in [0.2, 0.25) is 0 Å². The van der Waals surface area contributed by atoms with Gasteiger partial charge in [0.05, 0.1) is 6.54 Å². The third-order valence-corrected chi connectivity index (χ3v) is 7.52. The number of rotatable bonds is 5. The molecule has 156 valence electrons. The Balaban J connectivity index is 1.55. The highest BCUT2D eigenvalue weighted by atomic mass is 32.2. The highest BCUT2D eigenvalue weighted by Gasteiger charge is 2.32. The third kappa shape index (κ3) is 3.92. The van der Waals surface area contributed by atoms with Crippen molar-refractivity contribution in [3.8, 4) is 11.3 Å². The molecule has 0 amide bonds. The molecule has 1 aliphatic heterocycles. The van der Waals surface area contributed by atoms with Gasteiger partial charge in [-0.1, -0.05) is 84.9 Å². The monoisotopic (exact) mass is 429 g/mol. The Morgan fingerprint density at radius 1 is 0.806 bits per heavy atom. The summed E-state index contributed by atoms with van der Waals surface area (Å²) in [6.45, 7) is 1.37. The summed E-state index contributed by atoms with van der Waals surface area (Å²) < 4.78 is 30.8. The van der Waals surface area contributed by atoms with Gasteiger partial charge in [-0.25, -0.2) is 8.42 Å². The zero-order chi connectivity index (χ0) is 21.3. The van der Waals surface area contributed by atoms with Crippen LogP contribution in [0.15, 0.2) is 96.0 Å². The molecule has 5 nitrogen and oxygen atoms in total. The van der Waals surface area contributed by atoms with Crippen LogP contribution in [0, 0.1) is 0 Å². The van der Waals surface area contributed by atoms with Gasteiger partial charge in [-0.15, -0.1) is 0 Å². The Labute approximate surface area is 182 Å². The molecular formula is C25H23N3O2S. The molecule has 0 radical (unpaired) electrons. The minimum Gasteiger partial charge on any atom is -0.266 e. The predicted octanol–water partition coefficient (Wildman–Crippen LogP) is 4.35. The molecule has 4 aromatic rings. The molecule has 2 heterocycles. The van der Waals surface area contributed by atoms with E-state index in [-0.39, 0.29) is 4.90 Å². The van der Waals surface area contributed by atoms with Crippen LogP contribution in [0.4, 0.5) is 0 Å². The second-order valence-corrected chi connectivity index (χ2v) is 9.65. The van der Waals surface area contributed by atoms with Crippen LogP contribution in [0.5, 0.6) is 0 Å². The van der Waals surface area contributed by atoms with Gasteiger partial charge in [0.1, 0.15) is 10.6 Å². The van der Waals surface area contributed by atoms with Gasteiger partial charge in [-0.05, 0) is 23.1 Å². The lowest BCUT2D eigenvalue weighted by Crippen LogP contribution is -2.36. The quantitative estimate of drug-likeness (QED) is 0.474. The third-order valence-electron chi connectivity index (χ3n) is 5.68. The van der Waals surface area contributed by atoms with Gasteiger partial charge in [0.2, 0.25) is 10.0 Å². The average molecular weight is 430 g/mol. The molecule has 0 spiro atoms. The first-order chi connectivity index (χ1) is 15.1. The molecule has 0 saturated heterocycles. The fourth-order valence-electron chi connectivity index (χ4n) is 4.05. The molecule has 0 N–H and O–H groups in total. The van der Waals surface area contributed by atoms with Crippen LogP contribution in [0.3, 0.4) is 0 Å². The van der Waals surface area contributed by atoms with Crippen molar-refractivity contribution in [1.82, 2.24) is 14.1 Å². The number of benzene rings is 3. The van der Waals surface area contributed by atoms with Gasteiger partial charge in [0.25, 0.3) is 0 Å². The SMILES string of the molecule is O=S(=O)(c1cn(Cc2ccccc2)nc1-c1ccccc1)N1CCc2ccccc2C1. The lowest BCUT2D eigenvalue weighted by atomic mass is 10.0. The second kappa shape index (κ2) is 8.13. The van der Waals surface area contributed by atoms with Crippen molar-refractivity contribution >= 4 is 10.0 Å². The fourth-order valence-corrected chi connectivity index (χ4v) is 5.63. The zero-order valence-electron chi connectivity index (χ0n) is 17.1. The molecule has 0 unspecified atom stereocenters. The van der Waals surface area contributed by atoms with E-state index in [1.165, 1.54) is 5.56 Å². The summed E-state index contributed by atoms with van der Waals surface area (Å²) in [5, 5.41) is 4.69. The van der Waals surface area contributed by atoms with E-state index >= 15 is 0 Å². The Morgan fingerprint density at radius 2 is 1.45 bits per heavy atom. The maximum absolute atomic E-state index is 13.7. The molecule has 0 atom stereocenters. The molecule has 31 heavy (non-hydrogen) atoms. The van der Waals surface area contributed by atoms with E-state index in [9.17, 15) is 8.42 Å². The molecule has 1 aliphatic rings. The van der Waals surface area contributed by atoms with Crippen LogP contribution < -0.4 is 0 Å². The first-order valence-corrected chi connectivity index (χ1v) is 11.8. The highest BCUT2D eigenvalue weighted by Crippen LogP contribution is 2.31. The lowest BCUT2D eigenvalue weighted by Gasteiger charge is -2.27. The highest BCUT2D eigenvalue weighted by molar-refractivity contribution is 7.89. The normalized spacial score (nSPS) is 14.3. The molecule has 1 aromatic heterocycles. The largest absolute Gasteiger partial charge is 0.266 e. The summed E-state index contributed by atoms with van der Waals surface area (Å²) in [6, 6.07) is 27.5. The Morgan fingerprint density at radius 3 is 2.19 bits per heavy atom. The van der Waals surface area contributed by atoms with Crippen molar-refractivity contribution in [2.24, 2.45) is 0 Å². The number of hydrogen-bond donors (Lipinski definition) is 0. The molecule has 0 bridgehead atoms. The van der Waals surface area contributed by atoms with E-state index in [1.54, 1.807) is 15.2 Å². The van der Waals surface area contributed by atoms with E-state index in [0.717, 1.165) is 16.7 Å². The van der Waals surface area contributed by atoms with E-state index in [0.29, 0.717) is 31.7 Å². The summed E-state index contributed by atoms with van der Waals surface area (Å²) in [4.78, 5) is 0.258. The van der Waals surface area contributed by atoms with Crippen molar-refractivity contribution in [1.29, 1.82) is 0 Å². The summed E-state index contributed by atoms with van der Waals surface area (Å²) in [5.41, 5.74) is 4.65. The van der Waals surface area contributed by atoms with Gasteiger partial charge in [0, 0.05) is 24.8 Å². The smallest absolute Gasteiger partial charge is 0.247 e. The summed E-state index contributed by atoms with van der Waals surface area (Å²) in [5.74, 6) is 0. The van der Waals surface area contributed by atoms with Crippen LogP contribution in [0.25, 0.3) is 11.3 Å². The van der Waals surface area contributed by atoms with E-state index in [4.69, 9.17) is 5.10 Å². The number of fused-ring (bicyclic) bond motifs is 1. The van der Waals surface area contributed by atoms with Crippen LogP contribution >= 0.6 is 0 Å². The lowest BCUT2D eigenvalue weighted by molar-refractivity contribution is 0.391. The topological polar surface area (TPSA) is 55.2 Å². The van der Waals surface area contributed by atoms with Crippen molar-refractivity contribution in [3.63, 3.8) is 0 Å². The van der Waals surface area contributed by atoms with E-state index < -0.39 is 10.0 Å². The molecule has 0 fully saturated rings. The van der Waals surface area contributed by atoms with Gasteiger partial charge in [-0.3, -0.25) is 4.68 Å². The van der Waals surface area contributed by atoms with Crippen molar-refractivity contribution in [2.75, 3.05) is 6.54 Å². The summed E-state index contributed by atoms with van der Waals surface area (Å²) in [6.07, 6.45) is 2.39. The minimum atomic E-state index is -3.70. The van der Waals surface area contributed by atoms with E-state index in [1.807, 2.05) is 78.9 Å². The number of nitrogens with zero attached hydrogens (tertiary/aromatic N) is 3. The van der Waals surface area contributed by atoms with Gasteiger partial charge < -0.3 is 0 Å². The van der Waals surface area contributed by atoms with Gasteiger partial charge in [0.15, 0.2) is 0 Å². The molecule has 0 saturated carbocycles. The van der Waals surface area contributed by atoms with Crippen LogP contribution in [-0.4, -0.2) is 29.0 Å². The van der Waals surface area contributed by atoms with Crippen LogP contribution in [-0.2, 0) is 29.5 Å². The zero-order valence-corrected chi connectivity index (χ0v) is 17.9. The molecule has 0 aliphatic carbocycles. The van der Waals surface area contributed by atoms with Crippen molar-refractivity contribution in [3.05, 3.63) is 108 Å². The fraction of sp³-hybridized carbons (Fsp3) is 0.160. The Hall–Kier alpha value is -3.22. The summed E-state index contributed by atoms with van der Waals surface area (Å²) >= 11 is 0. The minimum absolute atomic E-state index is 0.258. The Kier molecular flexibility index (Phi) is 5.18. The van der Waals surface area contributed by atoms with Gasteiger partial charge >= 0.3 is 0 Å². The maximum atomic E-state index is 13.7. The predicted molar refractivity (Wildman–Crippen MR) is 121 cm³/mol. The first kappa shape index (κ1) is 19.7. The van der Waals surface area contributed by atoms with Crippen molar-refractivity contribution in [2.45, 2.75) is 24.4 Å². The first-order valence-electron chi connectivity index (χ1n) is 10.3. The molecule has 3 aromatic carbocycles. The number of aromatic nitrogens is 2. The average Bonchev–Trinajstić information content (AvgIpc) is 3.25. The molecule has 6 heteroatoms. The maximum Gasteiger partial charge on any atom is 0.247 e. The number of hydrogen-bond acceptors (Lipinski definition) is 3. The van der Waals surface area contributed by atoms with Gasteiger partial charge in [-0.2, -0.15) is 9.40 Å². The molecule has 5 rings (SSSR count). The summed E-state index contributed by atoms with van der Waals surface area (Å²) in [7, 11) is -3.70.